The van der Waals surface area contributed by atoms with Gasteiger partial charge in [0.15, 0.2) is 5.41 Å². The Morgan fingerprint density at radius 1 is 1.47 bits per heavy atom. The van der Waals surface area contributed by atoms with Gasteiger partial charge in [0.25, 0.3) is 0 Å². The number of hydrogen-bond acceptors (Lipinski definition) is 5. The summed E-state index contributed by atoms with van der Waals surface area (Å²) in [6.07, 6.45) is 2.63. The number of rotatable bonds is 7. The van der Waals surface area contributed by atoms with Gasteiger partial charge in [-0.05, 0) is 20.3 Å². The van der Waals surface area contributed by atoms with Crippen LogP contribution in [-0.2, 0) is 20.7 Å². The molecule has 1 N–H and O–H groups in total. The van der Waals surface area contributed by atoms with Gasteiger partial charge in [0.05, 0.1) is 11.6 Å². The topological polar surface area (TPSA) is 76.5 Å². The van der Waals surface area contributed by atoms with Crippen molar-refractivity contribution in [2.45, 2.75) is 40.0 Å². The summed E-state index contributed by atoms with van der Waals surface area (Å²) >= 11 is 1.41. The second-order valence-electron chi connectivity index (χ2n) is 4.38. The Morgan fingerprint density at radius 3 is 2.58 bits per heavy atom. The Kier molecular flexibility index (Phi) is 5.47. The van der Waals surface area contributed by atoms with E-state index in [1.165, 1.54) is 11.3 Å². The molecule has 1 unspecified atom stereocenters. The molecule has 19 heavy (non-hydrogen) atoms. The first kappa shape index (κ1) is 15.6. The van der Waals surface area contributed by atoms with Crippen molar-refractivity contribution >= 4 is 23.3 Å². The van der Waals surface area contributed by atoms with Crippen LogP contribution < -0.4 is 0 Å². The van der Waals surface area contributed by atoms with Gasteiger partial charge in [-0.3, -0.25) is 9.59 Å². The lowest BCUT2D eigenvalue weighted by Gasteiger charge is -2.26. The average Bonchev–Trinajstić information content (AvgIpc) is 2.74. The third-order valence-corrected chi connectivity index (χ3v) is 3.81. The van der Waals surface area contributed by atoms with E-state index in [1.54, 1.807) is 13.1 Å². The number of aliphatic carboxylic acids is 1. The largest absolute Gasteiger partial charge is 0.480 e. The summed E-state index contributed by atoms with van der Waals surface area (Å²) in [7, 11) is 0. The SMILES string of the molecule is CCCC(Cc1cnc(C)s1)(C(=O)O)C(=O)OCC. The van der Waals surface area contributed by atoms with Crippen LogP contribution >= 0.6 is 11.3 Å². The van der Waals surface area contributed by atoms with Gasteiger partial charge in [-0.1, -0.05) is 13.3 Å². The molecule has 1 rings (SSSR count). The van der Waals surface area contributed by atoms with Crippen LogP contribution in [0.2, 0.25) is 0 Å². The molecule has 0 radical (unpaired) electrons. The lowest BCUT2D eigenvalue weighted by molar-refractivity contribution is -0.169. The van der Waals surface area contributed by atoms with Crippen molar-refractivity contribution < 1.29 is 19.4 Å². The molecule has 1 aromatic rings. The van der Waals surface area contributed by atoms with Crippen LogP contribution in [0.25, 0.3) is 0 Å². The number of nitrogens with zero attached hydrogens (tertiary/aromatic N) is 1. The summed E-state index contributed by atoms with van der Waals surface area (Å²) in [6.45, 7) is 5.56. The van der Waals surface area contributed by atoms with Crippen molar-refractivity contribution in [1.29, 1.82) is 0 Å². The summed E-state index contributed by atoms with van der Waals surface area (Å²) in [5.74, 6) is -1.78. The van der Waals surface area contributed by atoms with Gasteiger partial charge in [-0.15, -0.1) is 11.3 Å². The number of carbonyl (C=O) groups excluding carboxylic acids is 1. The molecule has 0 amide bonds. The van der Waals surface area contributed by atoms with Crippen molar-refractivity contribution in [2.75, 3.05) is 6.61 Å². The molecular weight excluding hydrogens is 266 g/mol. The second kappa shape index (κ2) is 6.65. The van der Waals surface area contributed by atoms with E-state index in [2.05, 4.69) is 4.98 Å². The predicted molar refractivity (Wildman–Crippen MR) is 72.2 cm³/mol. The molecule has 6 heteroatoms. The molecule has 0 aliphatic rings. The Morgan fingerprint density at radius 2 is 2.16 bits per heavy atom. The summed E-state index contributed by atoms with van der Waals surface area (Å²) < 4.78 is 4.96. The molecule has 0 saturated carbocycles. The van der Waals surface area contributed by atoms with Gasteiger partial charge in [0.1, 0.15) is 0 Å². The fourth-order valence-corrected chi connectivity index (χ4v) is 2.92. The molecule has 0 saturated heterocycles. The van der Waals surface area contributed by atoms with E-state index < -0.39 is 17.4 Å². The molecule has 1 aromatic heterocycles. The molecule has 0 spiro atoms. The van der Waals surface area contributed by atoms with Gasteiger partial charge < -0.3 is 9.84 Å². The number of ether oxygens (including phenoxy) is 1. The van der Waals surface area contributed by atoms with Gasteiger partial charge >= 0.3 is 11.9 Å². The van der Waals surface area contributed by atoms with E-state index in [0.717, 1.165) is 9.88 Å². The minimum absolute atomic E-state index is 0.139. The Balaban J connectivity index is 3.08. The van der Waals surface area contributed by atoms with Crippen molar-refractivity contribution in [1.82, 2.24) is 4.98 Å². The lowest BCUT2D eigenvalue weighted by atomic mass is 9.80. The maximum Gasteiger partial charge on any atom is 0.323 e. The minimum Gasteiger partial charge on any atom is -0.480 e. The number of thiazole rings is 1. The maximum atomic E-state index is 12.1. The predicted octanol–water partition coefficient (Wildman–Crippen LogP) is 2.43. The van der Waals surface area contributed by atoms with E-state index >= 15 is 0 Å². The van der Waals surface area contributed by atoms with Crippen molar-refractivity contribution in [3.8, 4) is 0 Å². The zero-order chi connectivity index (χ0) is 14.5. The third kappa shape index (κ3) is 3.53. The van der Waals surface area contributed by atoms with Crippen LogP contribution in [-0.4, -0.2) is 28.6 Å². The molecular formula is C13H19NO4S. The molecule has 106 valence electrons. The molecule has 5 nitrogen and oxygen atoms in total. The number of hydrogen-bond donors (Lipinski definition) is 1. The molecule has 0 bridgehead atoms. The standard InChI is InChI=1S/C13H19NO4S/c1-4-6-13(11(15)16,12(17)18-5-2)7-10-8-14-9(3)19-10/h8H,4-7H2,1-3H3,(H,15,16). The zero-order valence-electron chi connectivity index (χ0n) is 11.4. The Hall–Kier alpha value is -1.43. The minimum atomic E-state index is -1.50. The fourth-order valence-electron chi connectivity index (χ4n) is 2.01. The van der Waals surface area contributed by atoms with Crippen LogP contribution in [0.5, 0.6) is 0 Å². The lowest BCUT2D eigenvalue weighted by Crippen LogP contribution is -2.42. The highest BCUT2D eigenvalue weighted by Gasteiger charge is 2.47. The first-order valence-electron chi connectivity index (χ1n) is 6.28. The Labute approximate surface area is 116 Å². The number of carboxylic acid groups (broad SMARTS) is 1. The van der Waals surface area contributed by atoms with Crippen LogP contribution in [0, 0.1) is 12.3 Å². The third-order valence-electron chi connectivity index (χ3n) is 2.90. The normalized spacial score (nSPS) is 13.8. The number of carbonyl (C=O) groups is 2. The second-order valence-corrected chi connectivity index (χ2v) is 5.70. The molecule has 1 atom stereocenters. The molecule has 0 fully saturated rings. The van der Waals surface area contributed by atoms with E-state index in [0.29, 0.717) is 6.42 Å². The van der Waals surface area contributed by atoms with Crippen molar-refractivity contribution in [2.24, 2.45) is 5.41 Å². The van der Waals surface area contributed by atoms with E-state index in [-0.39, 0.29) is 19.4 Å². The highest BCUT2D eigenvalue weighted by atomic mass is 32.1. The van der Waals surface area contributed by atoms with Gasteiger partial charge in [0, 0.05) is 17.5 Å². The van der Waals surface area contributed by atoms with Crippen LogP contribution in [0.1, 0.15) is 36.6 Å². The quantitative estimate of drug-likeness (QED) is 0.615. The smallest absolute Gasteiger partial charge is 0.323 e. The zero-order valence-corrected chi connectivity index (χ0v) is 12.2. The highest BCUT2D eigenvalue weighted by Crippen LogP contribution is 2.33. The van der Waals surface area contributed by atoms with Gasteiger partial charge in [0.2, 0.25) is 0 Å². The summed E-state index contributed by atoms with van der Waals surface area (Å²) in [5.41, 5.74) is -1.50. The maximum absolute atomic E-state index is 12.1. The van der Waals surface area contributed by atoms with E-state index in [1.807, 2.05) is 13.8 Å². The number of carboxylic acids is 1. The number of aromatic nitrogens is 1. The average molecular weight is 285 g/mol. The van der Waals surface area contributed by atoms with Crippen LogP contribution in [0.4, 0.5) is 0 Å². The van der Waals surface area contributed by atoms with Crippen LogP contribution in [0.3, 0.4) is 0 Å². The molecule has 0 aromatic carbocycles. The van der Waals surface area contributed by atoms with Crippen molar-refractivity contribution in [3.05, 3.63) is 16.1 Å². The highest BCUT2D eigenvalue weighted by molar-refractivity contribution is 7.11. The molecule has 1 heterocycles. The fraction of sp³-hybridized carbons (Fsp3) is 0.615. The summed E-state index contributed by atoms with van der Waals surface area (Å²) in [6, 6.07) is 0. The van der Waals surface area contributed by atoms with Crippen molar-refractivity contribution in [3.63, 3.8) is 0 Å². The van der Waals surface area contributed by atoms with Gasteiger partial charge in [-0.2, -0.15) is 0 Å². The number of esters is 1. The Bertz CT molecular complexity index is 457. The van der Waals surface area contributed by atoms with E-state index in [4.69, 9.17) is 4.74 Å². The van der Waals surface area contributed by atoms with Gasteiger partial charge in [-0.25, -0.2) is 4.98 Å². The summed E-state index contributed by atoms with van der Waals surface area (Å²) in [4.78, 5) is 28.6. The summed E-state index contributed by atoms with van der Waals surface area (Å²) in [5, 5.41) is 10.4. The monoisotopic (exact) mass is 285 g/mol. The van der Waals surface area contributed by atoms with Crippen LogP contribution in [0.15, 0.2) is 6.20 Å². The first-order valence-corrected chi connectivity index (χ1v) is 7.09. The number of aryl methyl sites for hydroxylation is 1. The van der Waals surface area contributed by atoms with E-state index in [9.17, 15) is 14.7 Å². The molecule has 0 aliphatic carbocycles. The molecule has 0 aliphatic heterocycles. The first-order chi connectivity index (χ1) is 8.96.